The quantitative estimate of drug-likeness (QED) is 0.618. The summed E-state index contributed by atoms with van der Waals surface area (Å²) in [6.07, 6.45) is 2.83. The van der Waals surface area contributed by atoms with E-state index in [-0.39, 0.29) is 5.71 Å². The number of primary amides is 1. The van der Waals surface area contributed by atoms with Gasteiger partial charge in [-0.3, -0.25) is 10.2 Å². The second-order valence-corrected chi connectivity index (χ2v) is 4.32. The summed E-state index contributed by atoms with van der Waals surface area (Å²) in [4.78, 5) is 10.9. The Bertz CT molecular complexity index is 534. The molecule has 0 heterocycles. The summed E-state index contributed by atoms with van der Waals surface area (Å²) in [6.45, 7) is 2.09. The van der Waals surface area contributed by atoms with Crippen molar-refractivity contribution >= 4 is 28.9 Å². The fourth-order valence-electron chi connectivity index (χ4n) is 1.52. The van der Waals surface area contributed by atoms with Crippen molar-refractivity contribution in [3.63, 3.8) is 0 Å². The van der Waals surface area contributed by atoms with Gasteiger partial charge in [0.25, 0.3) is 5.91 Å². The smallest absolute Gasteiger partial charge is 0.280 e. The number of hydrogen-bond acceptors (Lipinski definition) is 4. The molecule has 0 atom stereocenters. The van der Waals surface area contributed by atoms with E-state index in [1.165, 1.54) is 0 Å². The summed E-state index contributed by atoms with van der Waals surface area (Å²) >= 11 is 6.13. The summed E-state index contributed by atoms with van der Waals surface area (Å²) in [7, 11) is 0. The molecule has 1 amide bonds. The number of carbonyl (C=O) groups is 1. The van der Waals surface area contributed by atoms with Gasteiger partial charge < -0.3 is 5.73 Å². The highest BCUT2D eigenvalue weighted by molar-refractivity contribution is 6.44. The SMILES string of the molecule is CCCCc1c(Cl)cccc1NN=C(C#N)C(N)=O. The predicted molar refractivity (Wildman–Crippen MR) is 75.9 cm³/mol. The topological polar surface area (TPSA) is 91.3 Å². The summed E-state index contributed by atoms with van der Waals surface area (Å²) < 4.78 is 0. The number of nitrogens with one attached hydrogen (secondary N) is 1. The van der Waals surface area contributed by atoms with Crippen LogP contribution in [-0.2, 0) is 11.2 Å². The molecule has 1 rings (SSSR count). The van der Waals surface area contributed by atoms with Gasteiger partial charge in [-0.1, -0.05) is 31.0 Å². The molecule has 0 saturated carbocycles. The van der Waals surface area contributed by atoms with E-state index in [0.29, 0.717) is 10.7 Å². The molecule has 0 bridgehead atoms. The van der Waals surface area contributed by atoms with Gasteiger partial charge in [0.2, 0.25) is 5.71 Å². The molecule has 0 aromatic heterocycles. The van der Waals surface area contributed by atoms with Gasteiger partial charge in [0.1, 0.15) is 6.07 Å². The lowest BCUT2D eigenvalue weighted by Crippen LogP contribution is -2.22. The van der Waals surface area contributed by atoms with Crippen LogP contribution in [0.25, 0.3) is 0 Å². The summed E-state index contributed by atoms with van der Waals surface area (Å²) in [5.74, 6) is -0.868. The maximum absolute atomic E-state index is 10.9. The number of nitriles is 1. The van der Waals surface area contributed by atoms with E-state index in [2.05, 4.69) is 17.5 Å². The zero-order chi connectivity index (χ0) is 14.3. The Kier molecular flexibility index (Phi) is 5.83. The summed E-state index contributed by atoms with van der Waals surface area (Å²) in [5, 5.41) is 13.0. The van der Waals surface area contributed by atoms with Gasteiger partial charge in [-0.25, -0.2) is 0 Å². The van der Waals surface area contributed by atoms with E-state index in [4.69, 9.17) is 22.6 Å². The van der Waals surface area contributed by atoms with E-state index in [0.717, 1.165) is 24.8 Å². The number of nitrogens with zero attached hydrogens (tertiary/aromatic N) is 2. The Labute approximate surface area is 117 Å². The van der Waals surface area contributed by atoms with Crippen molar-refractivity contribution in [1.82, 2.24) is 0 Å². The van der Waals surface area contributed by atoms with E-state index >= 15 is 0 Å². The number of benzene rings is 1. The highest BCUT2D eigenvalue weighted by Gasteiger charge is 2.08. The third kappa shape index (κ3) is 4.27. The lowest BCUT2D eigenvalue weighted by molar-refractivity contribution is -0.111. The number of amides is 1. The minimum Gasteiger partial charge on any atom is -0.364 e. The maximum atomic E-state index is 10.9. The first-order chi connectivity index (χ1) is 9.10. The highest BCUT2D eigenvalue weighted by Crippen LogP contribution is 2.26. The van der Waals surface area contributed by atoms with E-state index in [1.54, 1.807) is 24.3 Å². The Morgan fingerprint density at radius 1 is 1.58 bits per heavy atom. The maximum Gasteiger partial charge on any atom is 0.280 e. The first kappa shape index (κ1) is 15.0. The molecule has 0 fully saturated rings. The number of nitrogens with two attached hydrogens (primary N) is 1. The molecule has 0 aliphatic carbocycles. The second-order valence-electron chi connectivity index (χ2n) is 3.92. The largest absolute Gasteiger partial charge is 0.364 e. The van der Waals surface area contributed by atoms with Gasteiger partial charge in [-0.15, -0.1) is 0 Å². The third-order valence-electron chi connectivity index (χ3n) is 2.53. The molecule has 0 unspecified atom stereocenters. The standard InChI is InChI=1S/C13H15ClN4O/c1-2-3-5-9-10(14)6-4-7-11(9)17-18-12(8-15)13(16)19/h4,6-7,17H,2-3,5H2,1H3,(H2,16,19). The second kappa shape index (κ2) is 7.39. The Morgan fingerprint density at radius 3 is 2.89 bits per heavy atom. The van der Waals surface area contributed by atoms with Crippen molar-refractivity contribution in [1.29, 1.82) is 5.26 Å². The molecule has 0 aliphatic heterocycles. The number of hydrogen-bond donors (Lipinski definition) is 2. The van der Waals surface area contributed by atoms with Crippen LogP contribution in [0, 0.1) is 11.3 Å². The van der Waals surface area contributed by atoms with Crippen molar-refractivity contribution in [3.8, 4) is 6.07 Å². The van der Waals surface area contributed by atoms with Gasteiger partial charge in [-0.2, -0.15) is 10.4 Å². The van der Waals surface area contributed by atoms with Crippen LogP contribution in [0.15, 0.2) is 23.3 Å². The van der Waals surface area contributed by atoms with Gasteiger partial charge in [-0.05, 0) is 30.5 Å². The molecule has 19 heavy (non-hydrogen) atoms. The first-order valence-electron chi connectivity index (χ1n) is 5.91. The van der Waals surface area contributed by atoms with Crippen LogP contribution in [0.4, 0.5) is 5.69 Å². The molecule has 0 aliphatic rings. The molecule has 100 valence electrons. The average molecular weight is 279 g/mol. The number of unbranched alkanes of at least 4 members (excludes halogenated alkanes) is 1. The van der Waals surface area contributed by atoms with Crippen molar-refractivity contribution < 1.29 is 4.79 Å². The fourth-order valence-corrected chi connectivity index (χ4v) is 1.79. The molecular formula is C13H15ClN4O. The van der Waals surface area contributed by atoms with E-state index in [1.807, 2.05) is 0 Å². The van der Waals surface area contributed by atoms with Gasteiger partial charge in [0.15, 0.2) is 0 Å². The Hall–Kier alpha value is -2.06. The van der Waals surface area contributed by atoms with Crippen molar-refractivity contribution in [3.05, 3.63) is 28.8 Å². The zero-order valence-electron chi connectivity index (χ0n) is 10.6. The minimum atomic E-state index is -0.868. The van der Waals surface area contributed by atoms with E-state index < -0.39 is 5.91 Å². The molecule has 0 radical (unpaired) electrons. The summed E-state index contributed by atoms with van der Waals surface area (Å²) in [5.41, 5.74) is 8.89. The molecule has 1 aromatic carbocycles. The summed E-state index contributed by atoms with van der Waals surface area (Å²) in [6, 6.07) is 6.98. The molecule has 6 heteroatoms. The van der Waals surface area contributed by atoms with E-state index in [9.17, 15) is 4.79 Å². The van der Waals surface area contributed by atoms with Crippen LogP contribution in [-0.4, -0.2) is 11.6 Å². The van der Waals surface area contributed by atoms with Crippen LogP contribution in [0.2, 0.25) is 5.02 Å². The molecule has 0 saturated heterocycles. The number of halogens is 1. The average Bonchev–Trinajstić information content (AvgIpc) is 2.38. The van der Waals surface area contributed by atoms with Crippen molar-refractivity contribution in [2.45, 2.75) is 26.2 Å². The number of hydrazone groups is 1. The normalized spacial score (nSPS) is 10.9. The molecule has 1 aromatic rings. The number of carbonyl (C=O) groups excluding carboxylic acids is 1. The van der Waals surface area contributed by atoms with Gasteiger partial charge >= 0.3 is 0 Å². The Balaban J connectivity index is 2.98. The highest BCUT2D eigenvalue weighted by atomic mass is 35.5. The van der Waals surface area contributed by atoms with Gasteiger partial charge in [0, 0.05) is 5.02 Å². The number of rotatable bonds is 6. The minimum absolute atomic E-state index is 0.374. The third-order valence-corrected chi connectivity index (χ3v) is 2.88. The zero-order valence-corrected chi connectivity index (χ0v) is 11.4. The lowest BCUT2D eigenvalue weighted by Gasteiger charge is -2.10. The van der Waals surface area contributed by atoms with Gasteiger partial charge in [0.05, 0.1) is 5.69 Å². The first-order valence-corrected chi connectivity index (χ1v) is 6.29. The molecule has 5 nitrogen and oxygen atoms in total. The predicted octanol–water partition coefficient (Wildman–Crippen LogP) is 2.46. The molecule has 3 N–H and O–H groups in total. The van der Waals surface area contributed by atoms with Crippen LogP contribution >= 0.6 is 11.6 Å². The van der Waals surface area contributed by atoms with Crippen molar-refractivity contribution in [2.75, 3.05) is 5.43 Å². The monoisotopic (exact) mass is 278 g/mol. The molecular weight excluding hydrogens is 264 g/mol. The molecule has 0 spiro atoms. The van der Waals surface area contributed by atoms with Crippen LogP contribution in [0.5, 0.6) is 0 Å². The van der Waals surface area contributed by atoms with Crippen LogP contribution in [0.1, 0.15) is 25.3 Å². The lowest BCUT2D eigenvalue weighted by atomic mass is 10.1. The number of anilines is 1. The van der Waals surface area contributed by atoms with Crippen LogP contribution < -0.4 is 11.2 Å². The fraction of sp³-hybridized carbons (Fsp3) is 0.308. The van der Waals surface area contributed by atoms with Crippen molar-refractivity contribution in [2.24, 2.45) is 10.8 Å². The Morgan fingerprint density at radius 2 is 2.32 bits per heavy atom. The van der Waals surface area contributed by atoms with Crippen LogP contribution in [0.3, 0.4) is 0 Å².